The van der Waals surface area contributed by atoms with Gasteiger partial charge in [-0.25, -0.2) is 9.69 Å². The molecule has 0 bridgehead atoms. The molecular weight excluding hydrogens is 368 g/mol. The zero-order chi connectivity index (χ0) is 20.6. The first kappa shape index (κ1) is 19.2. The average Bonchev–Trinajstić information content (AvgIpc) is 3.19. The Bertz CT molecular complexity index is 940. The summed E-state index contributed by atoms with van der Waals surface area (Å²) in [5.41, 5.74) is 1.84. The van der Waals surface area contributed by atoms with Gasteiger partial charge in [-0.15, -0.1) is 0 Å². The number of hydrogen-bond donors (Lipinski definition) is 0. The van der Waals surface area contributed by atoms with E-state index in [1.807, 2.05) is 81.4 Å². The molecule has 0 N–H and O–H groups in total. The first-order valence-electron chi connectivity index (χ1n) is 9.77. The monoisotopic (exact) mass is 392 g/mol. The maximum atomic E-state index is 13.4. The van der Waals surface area contributed by atoms with Crippen molar-refractivity contribution in [2.45, 2.75) is 44.9 Å². The van der Waals surface area contributed by atoms with Crippen LogP contribution in [-0.2, 0) is 20.8 Å². The van der Waals surface area contributed by atoms with Crippen molar-refractivity contribution in [3.8, 4) is 0 Å². The molecule has 29 heavy (non-hydrogen) atoms. The minimum atomic E-state index is -0.857. The molecule has 0 spiro atoms. The molecule has 6 heteroatoms. The summed E-state index contributed by atoms with van der Waals surface area (Å²) >= 11 is 0. The Labute approximate surface area is 170 Å². The number of ether oxygens (including phenoxy) is 1. The normalized spacial score (nSPS) is 25.3. The molecule has 2 aromatic rings. The summed E-state index contributed by atoms with van der Waals surface area (Å²) in [6.45, 7) is 5.55. The first-order valence-corrected chi connectivity index (χ1v) is 9.77. The number of carbonyl (C=O) groups excluding carboxylic acids is 2. The molecule has 0 aromatic heterocycles. The highest BCUT2D eigenvalue weighted by atomic mass is 16.7. The lowest BCUT2D eigenvalue weighted by Crippen LogP contribution is -2.51. The summed E-state index contributed by atoms with van der Waals surface area (Å²) in [6, 6.07) is 18.9. The van der Waals surface area contributed by atoms with Gasteiger partial charge in [0.15, 0.2) is 0 Å². The number of imide groups is 1. The van der Waals surface area contributed by atoms with Crippen molar-refractivity contribution in [2.24, 2.45) is 11.1 Å². The molecule has 6 nitrogen and oxygen atoms in total. The third kappa shape index (κ3) is 3.50. The van der Waals surface area contributed by atoms with E-state index in [-0.39, 0.29) is 5.92 Å². The van der Waals surface area contributed by atoms with Crippen LogP contribution in [0.3, 0.4) is 0 Å². The summed E-state index contributed by atoms with van der Waals surface area (Å²) in [4.78, 5) is 32.7. The molecule has 0 aliphatic carbocycles. The molecule has 0 radical (unpaired) electrons. The van der Waals surface area contributed by atoms with Crippen LogP contribution in [0.5, 0.6) is 0 Å². The molecule has 0 unspecified atom stereocenters. The van der Waals surface area contributed by atoms with Gasteiger partial charge in [-0.3, -0.25) is 4.79 Å². The average molecular weight is 392 g/mol. The van der Waals surface area contributed by atoms with E-state index < -0.39 is 29.7 Å². The van der Waals surface area contributed by atoms with Crippen LogP contribution >= 0.6 is 0 Å². The van der Waals surface area contributed by atoms with E-state index in [4.69, 9.17) is 9.57 Å². The van der Waals surface area contributed by atoms with E-state index >= 15 is 0 Å². The highest BCUT2D eigenvalue weighted by Gasteiger charge is 2.54. The number of nitrogens with zero attached hydrogens (tertiary/aromatic N) is 2. The van der Waals surface area contributed by atoms with Crippen LogP contribution in [-0.4, -0.2) is 40.4 Å². The Kier molecular flexibility index (Phi) is 4.86. The van der Waals surface area contributed by atoms with Gasteiger partial charge in [-0.2, -0.15) is 0 Å². The SMILES string of the molecule is C[C@H]1C(c2ccccc2)=NO[C@@H]1C(=O)N1C(=O)OC(C)(C)[C@@H]1Cc1ccccc1. The molecule has 150 valence electrons. The zero-order valence-electron chi connectivity index (χ0n) is 16.7. The van der Waals surface area contributed by atoms with Crippen LogP contribution in [0.4, 0.5) is 4.79 Å². The standard InChI is InChI=1S/C23H24N2O4/c1-15-19(17-12-8-5-9-13-17)24-29-20(15)21(26)25-18(23(2,3)28-22(25)27)14-16-10-6-4-7-11-16/h4-13,15,18,20H,14H2,1-3H3/t15-,18-,20-/m0/s1. The summed E-state index contributed by atoms with van der Waals surface area (Å²) in [5, 5.41) is 4.15. The smallest absolute Gasteiger partial charge is 0.417 e. The predicted molar refractivity (Wildman–Crippen MR) is 108 cm³/mol. The molecule has 4 rings (SSSR count). The van der Waals surface area contributed by atoms with E-state index in [1.54, 1.807) is 0 Å². The van der Waals surface area contributed by atoms with Crippen LogP contribution in [0.25, 0.3) is 0 Å². The Hall–Kier alpha value is -3.15. The number of benzene rings is 2. The third-order valence-corrected chi connectivity index (χ3v) is 5.63. The summed E-state index contributed by atoms with van der Waals surface area (Å²) < 4.78 is 5.55. The summed E-state index contributed by atoms with van der Waals surface area (Å²) in [6.07, 6.45) is -0.978. The van der Waals surface area contributed by atoms with Gasteiger partial charge < -0.3 is 9.57 Å². The van der Waals surface area contributed by atoms with Crippen LogP contribution in [0.15, 0.2) is 65.8 Å². The molecule has 2 aromatic carbocycles. The second-order valence-electron chi connectivity index (χ2n) is 8.04. The maximum Gasteiger partial charge on any atom is 0.417 e. The van der Waals surface area contributed by atoms with Gasteiger partial charge in [0.05, 0.1) is 17.7 Å². The summed E-state index contributed by atoms with van der Waals surface area (Å²) in [7, 11) is 0. The Morgan fingerprint density at radius 3 is 2.34 bits per heavy atom. The van der Waals surface area contributed by atoms with Crippen molar-refractivity contribution in [3.63, 3.8) is 0 Å². The van der Waals surface area contributed by atoms with Gasteiger partial charge in [0.25, 0.3) is 5.91 Å². The zero-order valence-corrected chi connectivity index (χ0v) is 16.7. The van der Waals surface area contributed by atoms with Crippen molar-refractivity contribution in [1.29, 1.82) is 0 Å². The highest BCUT2D eigenvalue weighted by molar-refractivity contribution is 6.07. The lowest BCUT2D eigenvalue weighted by atomic mass is 9.90. The largest absolute Gasteiger partial charge is 0.441 e. The minimum absolute atomic E-state index is 0.279. The topological polar surface area (TPSA) is 68.2 Å². The van der Waals surface area contributed by atoms with Gasteiger partial charge in [0.1, 0.15) is 5.60 Å². The Balaban J connectivity index is 1.57. The summed E-state index contributed by atoms with van der Waals surface area (Å²) in [5.74, 6) is -0.692. The number of amides is 2. The van der Waals surface area contributed by atoms with Crippen LogP contribution < -0.4 is 0 Å². The van der Waals surface area contributed by atoms with Crippen molar-refractivity contribution in [1.82, 2.24) is 4.90 Å². The van der Waals surface area contributed by atoms with Crippen LogP contribution in [0, 0.1) is 5.92 Å². The van der Waals surface area contributed by atoms with Crippen molar-refractivity contribution < 1.29 is 19.2 Å². The van der Waals surface area contributed by atoms with Gasteiger partial charge in [-0.1, -0.05) is 72.7 Å². The van der Waals surface area contributed by atoms with Crippen LogP contribution in [0.1, 0.15) is 31.9 Å². The van der Waals surface area contributed by atoms with E-state index in [1.165, 1.54) is 4.90 Å². The number of oxime groups is 1. The van der Waals surface area contributed by atoms with E-state index in [0.29, 0.717) is 12.1 Å². The molecule has 2 amide bonds. The van der Waals surface area contributed by atoms with E-state index in [2.05, 4.69) is 5.16 Å². The van der Waals surface area contributed by atoms with E-state index in [9.17, 15) is 9.59 Å². The predicted octanol–water partition coefficient (Wildman–Crippen LogP) is 3.79. The lowest BCUT2D eigenvalue weighted by Gasteiger charge is -2.29. The van der Waals surface area contributed by atoms with Gasteiger partial charge in [0.2, 0.25) is 6.10 Å². The lowest BCUT2D eigenvalue weighted by molar-refractivity contribution is -0.142. The number of carbonyl (C=O) groups is 2. The van der Waals surface area contributed by atoms with Gasteiger partial charge in [-0.05, 0) is 31.4 Å². The number of cyclic esters (lactones) is 1. The molecule has 2 heterocycles. The quantitative estimate of drug-likeness (QED) is 0.794. The van der Waals surface area contributed by atoms with Crippen molar-refractivity contribution >= 4 is 17.7 Å². The third-order valence-electron chi connectivity index (χ3n) is 5.63. The number of hydrogen-bond acceptors (Lipinski definition) is 5. The molecule has 3 atom stereocenters. The highest BCUT2D eigenvalue weighted by Crippen LogP contribution is 2.34. The second kappa shape index (κ2) is 7.35. The maximum absolute atomic E-state index is 13.4. The van der Waals surface area contributed by atoms with Gasteiger partial charge in [0, 0.05) is 0 Å². The fraction of sp³-hybridized carbons (Fsp3) is 0.348. The minimum Gasteiger partial charge on any atom is -0.441 e. The van der Waals surface area contributed by atoms with E-state index in [0.717, 1.165) is 11.1 Å². The fourth-order valence-electron chi connectivity index (χ4n) is 3.95. The van der Waals surface area contributed by atoms with Gasteiger partial charge >= 0.3 is 6.09 Å². The molecular formula is C23H24N2O4. The molecule has 1 fully saturated rings. The number of rotatable bonds is 4. The molecule has 0 saturated carbocycles. The molecule has 2 aliphatic rings. The first-order chi connectivity index (χ1) is 13.9. The van der Waals surface area contributed by atoms with Crippen molar-refractivity contribution in [3.05, 3.63) is 71.8 Å². The molecule has 1 saturated heterocycles. The fourth-order valence-corrected chi connectivity index (χ4v) is 3.95. The Morgan fingerprint density at radius 1 is 1.07 bits per heavy atom. The van der Waals surface area contributed by atoms with Crippen molar-refractivity contribution in [2.75, 3.05) is 0 Å². The Morgan fingerprint density at radius 2 is 1.69 bits per heavy atom. The molecule has 2 aliphatic heterocycles. The second-order valence-corrected chi connectivity index (χ2v) is 8.04. The van der Waals surface area contributed by atoms with Crippen LogP contribution in [0.2, 0.25) is 0 Å².